The molecule has 0 saturated carbocycles. The number of rotatable bonds is 1. The van der Waals surface area contributed by atoms with Crippen LogP contribution in [0.15, 0.2) is 36.4 Å². The van der Waals surface area contributed by atoms with Gasteiger partial charge in [-0.15, -0.1) is 0 Å². The molecular formula is C14H10FIN2O. The zero-order valence-electron chi connectivity index (χ0n) is 10.1. The van der Waals surface area contributed by atoms with Crippen molar-refractivity contribution < 1.29 is 9.50 Å². The fourth-order valence-electron chi connectivity index (χ4n) is 2.10. The highest BCUT2D eigenvalue weighted by atomic mass is 127. The predicted octanol–water partition coefficient (Wildman–Crippen LogP) is 3.69. The Labute approximate surface area is 122 Å². The molecule has 0 fully saturated rings. The molecule has 2 aromatic carbocycles. The molecule has 1 aromatic heterocycles. The fraction of sp³-hybridized carbons (Fsp3) is 0.0714. The summed E-state index contributed by atoms with van der Waals surface area (Å²) in [5.74, 6) is 0.472. The Morgan fingerprint density at radius 1 is 1.21 bits per heavy atom. The molecule has 19 heavy (non-hydrogen) atoms. The van der Waals surface area contributed by atoms with Crippen LogP contribution in [-0.4, -0.2) is 14.7 Å². The van der Waals surface area contributed by atoms with Gasteiger partial charge in [-0.05, 0) is 52.9 Å². The number of fused-ring (bicyclic) bond motifs is 1. The third kappa shape index (κ3) is 2.07. The Morgan fingerprint density at radius 2 is 2.00 bits per heavy atom. The molecule has 1 N–H and O–H groups in total. The topological polar surface area (TPSA) is 38.0 Å². The highest BCUT2D eigenvalue weighted by Crippen LogP contribution is 2.31. The summed E-state index contributed by atoms with van der Waals surface area (Å²) in [6.07, 6.45) is 0. The first-order chi connectivity index (χ1) is 9.06. The van der Waals surface area contributed by atoms with Gasteiger partial charge in [-0.3, -0.25) is 0 Å². The monoisotopic (exact) mass is 368 g/mol. The van der Waals surface area contributed by atoms with Crippen molar-refractivity contribution >= 4 is 33.6 Å². The maximum Gasteiger partial charge on any atom is 0.144 e. The van der Waals surface area contributed by atoms with Crippen molar-refractivity contribution in [1.29, 1.82) is 0 Å². The van der Waals surface area contributed by atoms with Crippen molar-refractivity contribution in [3.05, 3.63) is 45.8 Å². The summed E-state index contributed by atoms with van der Waals surface area (Å²) in [6, 6.07) is 9.80. The number of phenols is 1. The van der Waals surface area contributed by atoms with E-state index in [0.29, 0.717) is 16.9 Å². The Balaban J connectivity index is 2.30. The molecule has 96 valence electrons. The summed E-state index contributed by atoms with van der Waals surface area (Å²) < 4.78 is 16.1. The lowest BCUT2D eigenvalue weighted by atomic mass is 10.2. The van der Waals surface area contributed by atoms with E-state index in [0.717, 1.165) is 9.09 Å². The van der Waals surface area contributed by atoms with Crippen LogP contribution in [0, 0.1) is 9.39 Å². The lowest BCUT2D eigenvalue weighted by Gasteiger charge is -2.05. The van der Waals surface area contributed by atoms with E-state index < -0.39 is 0 Å². The molecule has 3 aromatic rings. The normalized spacial score (nSPS) is 11.1. The highest BCUT2D eigenvalue weighted by Gasteiger charge is 2.14. The molecule has 3 rings (SSSR count). The lowest BCUT2D eigenvalue weighted by Crippen LogP contribution is -1.93. The van der Waals surface area contributed by atoms with Crippen LogP contribution in [0.1, 0.15) is 0 Å². The summed E-state index contributed by atoms with van der Waals surface area (Å²) in [4.78, 5) is 4.40. The van der Waals surface area contributed by atoms with Gasteiger partial charge in [0.2, 0.25) is 0 Å². The average Bonchev–Trinajstić information content (AvgIpc) is 2.69. The van der Waals surface area contributed by atoms with E-state index in [1.54, 1.807) is 12.1 Å². The summed E-state index contributed by atoms with van der Waals surface area (Å²) in [5, 5.41) is 9.96. The second-order valence-electron chi connectivity index (χ2n) is 4.29. The SMILES string of the molecule is Cn1c(-c2cc(I)ccc2O)nc2cc(F)ccc21. The van der Waals surface area contributed by atoms with Gasteiger partial charge in [-0.25, -0.2) is 9.37 Å². The first-order valence-electron chi connectivity index (χ1n) is 5.67. The van der Waals surface area contributed by atoms with Crippen molar-refractivity contribution in [2.75, 3.05) is 0 Å². The molecule has 0 aliphatic rings. The van der Waals surface area contributed by atoms with Crippen LogP contribution in [0.25, 0.3) is 22.4 Å². The van der Waals surface area contributed by atoms with E-state index in [2.05, 4.69) is 27.6 Å². The smallest absolute Gasteiger partial charge is 0.144 e. The minimum Gasteiger partial charge on any atom is -0.507 e. The van der Waals surface area contributed by atoms with Crippen molar-refractivity contribution in [3.63, 3.8) is 0 Å². The molecule has 0 atom stereocenters. The summed E-state index contributed by atoms with van der Waals surface area (Å²) in [5.41, 5.74) is 2.05. The second-order valence-corrected chi connectivity index (χ2v) is 5.53. The van der Waals surface area contributed by atoms with Crippen LogP contribution in [-0.2, 0) is 7.05 Å². The molecule has 0 bridgehead atoms. The van der Waals surface area contributed by atoms with Gasteiger partial charge < -0.3 is 9.67 Å². The number of aromatic nitrogens is 2. The van der Waals surface area contributed by atoms with Crippen LogP contribution in [0.4, 0.5) is 4.39 Å². The van der Waals surface area contributed by atoms with Gasteiger partial charge in [0, 0.05) is 16.7 Å². The Morgan fingerprint density at radius 3 is 2.79 bits per heavy atom. The fourth-order valence-corrected chi connectivity index (χ4v) is 2.59. The molecule has 0 saturated heterocycles. The second kappa shape index (κ2) is 4.48. The number of hydrogen-bond acceptors (Lipinski definition) is 2. The van der Waals surface area contributed by atoms with Gasteiger partial charge in [-0.1, -0.05) is 0 Å². The quantitative estimate of drug-likeness (QED) is 0.666. The van der Waals surface area contributed by atoms with E-state index in [1.165, 1.54) is 12.1 Å². The number of phenolic OH excluding ortho intramolecular Hbond substituents is 1. The Hall–Kier alpha value is -1.63. The molecule has 3 nitrogen and oxygen atoms in total. The third-order valence-corrected chi connectivity index (χ3v) is 3.71. The first-order valence-corrected chi connectivity index (χ1v) is 6.75. The van der Waals surface area contributed by atoms with Gasteiger partial charge >= 0.3 is 0 Å². The Bertz CT molecular complexity index is 782. The number of hydrogen-bond donors (Lipinski definition) is 1. The molecule has 0 amide bonds. The molecule has 0 radical (unpaired) electrons. The zero-order valence-corrected chi connectivity index (χ0v) is 12.2. The van der Waals surface area contributed by atoms with Crippen LogP contribution < -0.4 is 0 Å². The molecule has 0 spiro atoms. The summed E-state index contributed by atoms with van der Waals surface area (Å²) in [6.45, 7) is 0. The van der Waals surface area contributed by atoms with E-state index in [4.69, 9.17) is 0 Å². The molecule has 0 aliphatic carbocycles. The van der Waals surface area contributed by atoms with E-state index >= 15 is 0 Å². The van der Waals surface area contributed by atoms with Gasteiger partial charge in [-0.2, -0.15) is 0 Å². The molecule has 1 heterocycles. The van der Waals surface area contributed by atoms with Gasteiger partial charge in [0.25, 0.3) is 0 Å². The molecular weight excluding hydrogens is 358 g/mol. The number of aryl methyl sites for hydroxylation is 1. The minimum absolute atomic E-state index is 0.166. The maximum atomic E-state index is 13.2. The number of halogens is 2. The molecule has 0 aliphatic heterocycles. The van der Waals surface area contributed by atoms with Crippen molar-refractivity contribution in [1.82, 2.24) is 9.55 Å². The van der Waals surface area contributed by atoms with E-state index in [-0.39, 0.29) is 11.6 Å². The van der Waals surface area contributed by atoms with E-state index in [1.807, 2.05) is 23.7 Å². The predicted molar refractivity (Wildman–Crippen MR) is 80.5 cm³/mol. The number of benzene rings is 2. The van der Waals surface area contributed by atoms with Crippen LogP contribution >= 0.6 is 22.6 Å². The van der Waals surface area contributed by atoms with E-state index in [9.17, 15) is 9.50 Å². The number of nitrogens with zero attached hydrogens (tertiary/aromatic N) is 2. The Kier molecular flexibility index (Phi) is 2.93. The first kappa shape index (κ1) is 12.4. The van der Waals surface area contributed by atoms with Gasteiger partial charge in [0.1, 0.15) is 17.4 Å². The average molecular weight is 368 g/mol. The van der Waals surface area contributed by atoms with Crippen molar-refractivity contribution in [3.8, 4) is 17.1 Å². The highest BCUT2D eigenvalue weighted by molar-refractivity contribution is 14.1. The maximum absolute atomic E-state index is 13.2. The standard InChI is InChI=1S/C14H10FIN2O/c1-18-12-4-2-8(15)6-11(12)17-14(18)10-7-9(16)3-5-13(10)19/h2-7,19H,1H3. The summed E-state index contributed by atoms with van der Waals surface area (Å²) >= 11 is 2.18. The largest absolute Gasteiger partial charge is 0.507 e. The minimum atomic E-state index is -0.316. The molecule has 5 heteroatoms. The van der Waals surface area contributed by atoms with Crippen molar-refractivity contribution in [2.24, 2.45) is 7.05 Å². The van der Waals surface area contributed by atoms with Crippen LogP contribution in [0.3, 0.4) is 0 Å². The zero-order chi connectivity index (χ0) is 13.6. The lowest BCUT2D eigenvalue weighted by molar-refractivity contribution is 0.476. The number of imidazole rings is 1. The van der Waals surface area contributed by atoms with Gasteiger partial charge in [0.05, 0.1) is 16.6 Å². The van der Waals surface area contributed by atoms with Crippen LogP contribution in [0.5, 0.6) is 5.75 Å². The number of aromatic hydroxyl groups is 1. The summed E-state index contributed by atoms with van der Waals surface area (Å²) in [7, 11) is 1.85. The third-order valence-electron chi connectivity index (χ3n) is 3.04. The van der Waals surface area contributed by atoms with Gasteiger partial charge in [0.15, 0.2) is 0 Å². The molecule has 0 unspecified atom stereocenters. The van der Waals surface area contributed by atoms with Crippen LogP contribution in [0.2, 0.25) is 0 Å². The van der Waals surface area contributed by atoms with Crippen molar-refractivity contribution in [2.45, 2.75) is 0 Å².